The molecule has 1 saturated carbocycles. The number of hydrogen-bond donors (Lipinski definition) is 1. The third-order valence-corrected chi connectivity index (χ3v) is 7.31. The molecule has 2 fully saturated rings. The fraction of sp³-hybridized carbons (Fsp3) is 0.400. The summed E-state index contributed by atoms with van der Waals surface area (Å²) in [5, 5.41) is 4.37. The molecule has 0 radical (unpaired) electrons. The minimum absolute atomic E-state index is 0.0430. The maximum absolute atomic E-state index is 12.5. The Morgan fingerprint density at radius 1 is 1.09 bits per heavy atom. The van der Waals surface area contributed by atoms with Crippen LogP contribution in [0.15, 0.2) is 41.8 Å². The van der Waals surface area contributed by atoms with E-state index in [2.05, 4.69) is 23.2 Å². The minimum atomic E-state index is -0.586. The quantitative estimate of drug-likeness (QED) is 0.542. The van der Waals surface area contributed by atoms with Gasteiger partial charge in [-0.25, -0.2) is 9.78 Å². The van der Waals surface area contributed by atoms with Crippen LogP contribution in [0.25, 0.3) is 10.8 Å². The predicted octanol–water partition coefficient (Wildman–Crippen LogP) is 4.22. The Morgan fingerprint density at radius 3 is 2.47 bits per heavy atom. The van der Waals surface area contributed by atoms with Gasteiger partial charge in [0.15, 0.2) is 0 Å². The van der Waals surface area contributed by atoms with E-state index in [9.17, 15) is 9.59 Å². The number of aromatic nitrogens is 1. The lowest BCUT2D eigenvalue weighted by molar-refractivity contribution is 0.0980. The van der Waals surface area contributed by atoms with Crippen LogP contribution in [0, 0.1) is 11.8 Å². The maximum Gasteiger partial charge on any atom is 0.410 e. The summed E-state index contributed by atoms with van der Waals surface area (Å²) in [6.45, 7) is 4.00. The van der Waals surface area contributed by atoms with Gasteiger partial charge in [-0.05, 0) is 66.6 Å². The van der Waals surface area contributed by atoms with E-state index in [-0.39, 0.29) is 24.5 Å². The van der Waals surface area contributed by atoms with E-state index >= 15 is 0 Å². The number of hydrogen-bond acceptors (Lipinski definition) is 7. The number of carbonyl (C=O) groups excluding carboxylic acids is 2. The lowest BCUT2D eigenvalue weighted by Crippen LogP contribution is -2.31. The Bertz CT molecular complexity index is 1200. The Hall–Kier alpha value is -3.33. The van der Waals surface area contributed by atoms with Crippen molar-refractivity contribution in [2.24, 2.45) is 17.6 Å². The van der Waals surface area contributed by atoms with Gasteiger partial charge in [-0.3, -0.25) is 4.79 Å². The summed E-state index contributed by atoms with van der Waals surface area (Å²) >= 11 is 1.25. The molecule has 34 heavy (non-hydrogen) atoms. The van der Waals surface area contributed by atoms with Gasteiger partial charge in [0.25, 0.3) is 5.91 Å². The highest BCUT2D eigenvalue weighted by molar-refractivity contribution is 7.09. The van der Waals surface area contributed by atoms with Gasteiger partial charge in [0.2, 0.25) is 0 Å². The Balaban J connectivity index is 1.13. The first-order valence-corrected chi connectivity index (χ1v) is 12.4. The summed E-state index contributed by atoms with van der Waals surface area (Å²) in [4.78, 5) is 29.5. The number of fused-ring (bicyclic) bond motifs is 2. The van der Waals surface area contributed by atoms with Crippen molar-refractivity contribution in [2.75, 3.05) is 19.7 Å². The summed E-state index contributed by atoms with van der Waals surface area (Å²) in [7, 11) is 0. The zero-order valence-electron chi connectivity index (χ0n) is 18.9. The van der Waals surface area contributed by atoms with Gasteiger partial charge in [-0.15, -0.1) is 11.3 Å². The van der Waals surface area contributed by atoms with Crippen molar-refractivity contribution in [1.29, 1.82) is 0 Å². The fourth-order valence-electron chi connectivity index (χ4n) is 4.92. The zero-order chi connectivity index (χ0) is 23.7. The molecule has 0 bridgehead atoms. The fourth-order valence-corrected chi connectivity index (χ4v) is 5.61. The molecule has 1 saturated heterocycles. The maximum atomic E-state index is 12.5. The van der Waals surface area contributed by atoms with E-state index in [1.165, 1.54) is 11.3 Å². The van der Waals surface area contributed by atoms with Crippen LogP contribution in [-0.2, 0) is 11.3 Å². The first-order chi connectivity index (χ1) is 16.5. The molecule has 2 aromatic carbocycles. The SMILES string of the molecule is CCOc1ccc2ccc(OC3C[C@@H]4CN(C(=O)OCc5nc(C(N)=O)cs5)C[C@@H]4C3)cc2c1. The van der Waals surface area contributed by atoms with E-state index in [4.69, 9.17) is 19.9 Å². The monoisotopic (exact) mass is 481 g/mol. The molecule has 5 rings (SSSR count). The lowest BCUT2D eigenvalue weighted by atomic mass is 10.0. The molecule has 1 aliphatic carbocycles. The van der Waals surface area contributed by atoms with Crippen molar-refractivity contribution in [3.05, 3.63) is 52.5 Å². The second kappa shape index (κ2) is 9.50. The second-order valence-electron chi connectivity index (χ2n) is 8.79. The highest BCUT2D eigenvalue weighted by Crippen LogP contribution is 2.40. The number of nitrogens with two attached hydrogens (primary N) is 1. The molecule has 9 heteroatoms. The van der Waals surface area contributed by atoms with Gasteiger partial charge < -0.3 is 24.8 Å². The summed E-state index contributed by atoms with van der Waals surface area (Å²) in [5.74, 6) is 1.95. The first kappa shape index (κ1) is 22.5. The van der Waals surface area contributed by atoms with Crippen molar-refractivity contribution in [1.82, 2.24) is 9.88 Å². The van der Waals surface area contributed by atoms with E-state index in [1.54, 1.807) is 10.3 Å². The third kappa shape index (κ3) is 4.79. The van der Waals surface area contributed by atoms with Gasteiger partial charge in [-0.2, -0.15) is 0 Å². The number of amides is 2. The standard InChI is InChI=1S/C25H27N3O5S/c1-2-31-19-5-3-15-4-6-20(8-16(15)7-19)33-21-9-17-11-28(12-18(17)10-21)25(30)32-13-23-27-22(14-34-23)24(26)29/h3-8,14,17-18,21H,2,9-13H2,1H3,(H2,26,29)/t17-,18+,21?. The number of thiazole rings is 1. The molecule has 3 aromatic rings. The van der Waals surface area contributed by atoms with Crippen LogP contribution in [0.4, 0.5) is 4.79 Å². The molecule has 3 atom stereocenters. The molecule has 0 spiro atoms. The molecule has 2 heterocycles. The number of rotatable bonds is 7. The van der Waals surface area contributed by atoms with Crippen LogP contribution in [-0.4, -0.2) is 47.7 Å². The number of primary amides is 1. The van der Waals surface area contributed by atoms with E-state index in [0.29, 0.717) is 36.5 Å². The van der Waals surface area contributed by atoms with Crippen LogP contribution in [0.5, 0.6) is 11.5 Å². The number of carbonyl (C=O) groups is 2. The molecule has 1 unspecified atom stereocenters. The molecule has 8 nitrogen and oxygen atoms in total. The normalized spacial score (nSPS) is 21.4. The molecular formula is C25H27N3O5S. The molecule has 2 N–H and O–H groups in total. The van der Waals surface area contributed by atoms with E-state index in [1.807, 2.05) is 25.1 Å². The topological polar surface area (TPSA) is 104 Å². The van der Waals surface area contributed by atoms with Crippen molar-refractivity contribution in [3.8, 4) is 11.5 Å². The van der Waals surface area contributed by atoms with Crippen LogP contribution in [0.3, 0.4) is 0 Å². The van der Waals surface area contributed by atoms with Crippen LogP contribution in [0.2, 0.25) is 0 Å². The molecule has 1 aromatic heterocycles. The highest BCUT2D eigenvalue weighted by Gasteiger charge is 2.43. The minimum Gasteiger partial charge on any atom is -0.494 e. The van der Waals surface area contributed by atoms with Gasteiger partial charge in [-0.1, -0.05) is 12.1 Å². The molecular weight excluding hydrogens is 454 g/mol. The smallest absolute Gasteiger partial charge is 0.410 e. The van der Waals surface area contributed by atoms with Gasteiger partial charge in [0.1, 0.15) is 28.8 Å². The number of likely N-dealkylation sites (tertiary alicyclic amines) is 1. The average Bonchev–Trinajstić information content (AvgIpc) is 3.53. The summed E-state index contributed by atoms with van der Waals surface area (Å²) in [5.41, 5.74) is 5.40. The van der Waals surface area contributed by atoms with Gasteiger partial charge in [0, 0.05) is 18.5 Å². The number of nitrogens with zero attached hydrogens (tertiary/aromatic N) is 2. The van der Waals surface area contributed by atoms with Crippen molar-refractivity contribution in [3.63, 3.8) is 0 Å². The lowest BCUT2D eigenvalue weighted by Gasteiger charge is -2.20. The number of benzene rings is 2. The van der Waals surface area contributed by atoms with Crippen LogP contribution >= 0.6 is 11.3 Å². The van der Waals surface area contributed by atoms with Crippen LogP contribution in [0.1, 0.15) is 35.3 Å². The zero-order valence-corrected chi connectivity index (χ0v) is 19.8. The molecule has 178 valence electrons. The second-order valence-corrected chi connectivity index (χ2v) is 9.73. The van der Waals surface area contributed by atoms with E-state index < -0.39 is 5.91 Å². The Kier molecular flexibility index (Phi) is 6.28. The highest BCUT2D eigenvalue weighted by atomic mass is 32.1. The van der Waals surface area contributed by atoms with Gasteiger partial charge in [0.05, 0.1) is 12.7 Å². The molecule has 2 aliphatic rings. The predicted molar refractivity (Wildman–Crippen MR) is 128 cm³/mol. The Labute approximate surface area is 201 Å². The summed E-state index contributed by atoms with van der Waals surface area (Å²) in [6.07, 6.45) is 1.63. The first-order valence-electron chi connectivity index (χ1n) is 11.5. The van der Waals surface area contributed by atoms with Crippen LogP contribution < -0.4 is 15.2 Å². The third-order valence-electron chi connectivity index (χ3n) is 6.49. The van der Waals surface area contributed by atoms with Crippen molar-refractivity contribution >= 4 is 34.1 Å². The summed E-state index contributed by atoms with van der Waals surface area (Å²) in [6, 6.07) is 12.2. The molecule has 2 amide bonds. The van der Waals surface area contributed by atoms with Crippen molar-refractivity contribution in [2.45, 2.75) is 32.5 Å². The van der Waals surface area contributed by atoms with E-state index in [0.717, 1.165) is 35.1 Å². The summed E-state index contributed by atoms with van der Waals surface area (Å²) < 4.78 is 17.3. The molecule has 1 aliphatic heterocycles. The number of ether oxygens (including phenoxy) is 3. The van der Waals surface area contributed by atoms with Crippen molar-refractivity contribution < 1.29 is 23.8 Å². The average molecular weight is 482 g/mol. The largest absolute Gasteiger partial charge is 0.494 e. The van der Waals surface area contributed by atoms with Gasteiger partial charge >= 0.3 is 6.09 Å². The Morgan fingerprint density at radius 2 is 1.79 bits per heavy atom.